The molecule has 1 unspecified atom stereocenters. The summed E-state index contributed by atoms with van der Waals surface area (Å²) in [7, 11) is 0. The average molecular weight is 259 g/mol. The van der Waals surface area contributed by atoms with Crippen LogP contribution in [0.4, 0.5) is 4.79 Å². The van der Waals surface area contributed by atoms with Gasteiger partial charge in [0.25, 0.3) is 0 Å². The molecule has 0 spiro atoms. The highest BCUT2D eigenvalue weighted by molar-refractivity contribution is 5.80. The molecule has 0 aromatic carbocycles. The Balaban J connectivity index is 2.64. The molecular weight excluding hydrogens is 238 g/mol. The first kappa shape index (κ1) is 14.8. The monoisotopic (exact) mass is 259 g/mol. The molecule has 104 valence electrons. The Morgan fingerprint density at radius 1 is 1.33 bits per heavy atom. The van der Waals surface area contributed by atoms with E-state index in [2.05, 4.69) is 5.32 Å². The van der Waals surface area contributed by atoms with Gasteiger partial charge in [-0.1, -0.05) is 6.42 Å². The number of carboxylic acids is 1. The number of carbonyl (C=O) groups excluding carboxylic acids is 1. The van der Waals surface area contributed by atoms with Crippen LogP contribution in [0.3, 0.4) is 0 Å². The number of hydrogen-bond acceptors (Lipinski definition) is 4. The maximum atomic E-state index is 11.6. The molecule has 0 aromatic heterocycles. The van der Waals surface area contributed by atoms with Gasteiger partial charge in [-0.15, -0.1) is 0 Å². The van der Waals surface area contributed by atoms with Gasteiger partial charge in [-0.25, -0.2) is 9.59 Å². The predicted octanol–water partition coefficient (Wildman–Crippen LogP) is 1.13. The Labute approximate surface area is 106 Å². The van der Waals surface area contributed by atoms with E-state index in [4.69, 9.17) is 9.84 Å². The zero-order valence-corrected chi connectivity index (χ0v) is 11.0. The first-order valence-corrected chi connectivity index (χ1v) is 6.11. The van der Waals surface area contributed by atoms with Gasteiger partial charge in [-0.05, 0) is 33.6 Å². The molecule has 1 aliphatic carbocycles. The fourth-order valence-corrected chi connectivity index (χ4v) is 2.14. The summed E-state index contributed by atoms with van der Waals surface area (Å²) < 4.78 is 5.02. The number of amides is 1. The third-order valence-electron chi connectivity index (χ3n) is 2.90. The van der Waals surface area contributed by atoms with Gasteiger partial charge in [0, 0.05) is 5.92 Å². The van der Waals surface area contributed by atoms with Gasteiger partial charge in [0.2, 0.25) is 0 Å². The van der Waals surface area contributed by atoms with E-state index >= 15 is 0 Å². The number of alkyl carbamates (subject to hydrolysis) is 1. The maximum absolute atomic E-state index is 11.6. The molecule has 1 saturated carbocycles. The molecule has 1 amide bonds. The lowest BCUT2D eigenvalue weighted by atomic mass is 9.96. The van der Waals surface area contributed by atoms with Crippen molar-refractivity contribution in [3.8, 4) is 0 Å². The minimum atomic E-state index is -1.15. The summed E-state index contributed by atoms with van der Waals surface area (Å²) >= 11 is 0. The molecule has 6 nitrogen and oxygen atoms in total. The average Bonchev–Trinajstić information content (AvgIpc) is 2.57. The summed E-state index contributed by atoms with van der Waals surface area (Å²) in [4.78, 5) is 22.7. The molecule has 3 atom stereocenters. The van der Waals surface area contributed by atoms with Crippen LogP contribution in [-0.4, -0.2) is 40.0 Å². The first-order chi connectivity index (χ1) is 8.20. The predicted molar refractivity (Wildman–Crippen MR) is 64.1 cm³/mol. The third kappa shape index (κ3) is 4.18. The smallest absolute Gasteiger partial charge is 0.408 e. The van der Waals surface area contributed by atoms with E-state index in [0.717, 1.165) is 6.42 Å². The molecule has 3 N–H and O–H groups in total. The molecule has 18 heavy (non-hydrogen) atoms. The van der Waals surface area contributed by atoms with E-state index in [1.807, 2.05) is 0 Å². The van der Waals surface area contributed by atoms with E-state index in [9.17, 15) is 14.7 Å². The fraction of sp³-hybridized carbons (Fsp3) is 0.833. The highest BCUT2D eigenvalue weighted by atomic mass is 16.6. The second kappa shape index (κ2) is 5.56. The van der Waals surface area contributed by atoms with Crippen LogP contribution in [0, 0.1) is 5.92 Å². The van der Waals surface area contributed by atoms with Gasteiger partial charge in [-0.3, -0.25) is 0 Å². The number of aliphatic carboxylic acids is 1. The van der Waals surface area contributed by atoms with Gasteiger partial charge in [-0.2, -0.15) is 0 Å². The van der Waals surface area contributed by atoms with Crippen LogP contribution in [0.2, 0.25) is 0 Å². The van der Waals surface area contributed by atoms with Crippen molar-refractivity contribution in [3.63, 3.8) is 0 Å². The van der Waals surface area contributed by atoms with Crippen LogP contribution in [-0.2, 0) is 9.53 Å². The van der Waals surface area contributed by atoms with Gasteiger partial charge < -0.3 is 20.3 Å². The Bertz CT molecular complexity index is 323. The summed E-state index contributed by atoms with van der Waals surface area (Å²) in [6, 6.07) is -1.10. The Morgan fingerprint density at radius 3 is 2.33 bits per heavy atom. The lowest BCUT2D eigenvalue weighted by Crippen LogP contribution is -2.49. The van der Waals surface area contributed by atoms with Crippen molar-refractivity contribution in [2.75, 3.05) is 0 Å². The summed E-state index contributed by atoms with van der Waals surface area (Å²) in [6.07, 6.45) is 0.485. The molecule has 1 aliphatic rings. The Morgan fingerprint density at radius 2 is 1.94 bits per heavy atom. The second-order valence-electron chi connectivity index (χ2n) is 5.62. The molecule has 0 radical (unpaired) electrons. The number of carboxylic acid groups (broad SMARTS) is 1. The van der Waals surface area contributed by atoms with Crippen LogP contribution in [0.15, 0.2) is 0 Å². The number of aliphatic hydroxyl groups is 1. The molecule has 0 aliphatic heterocycles. The van der Waals surface area contributed by atoms with Crippen molar-refractivity contribution in [2.24, 2.45) is 5.92 Å². The lowest BCUT2D eigenvalue weighted by Gasteiger charge is -2.26. The third-order valence-corrected chi connectivity index (χ3v) is 2.90. The highest BCUT2D eigenvalue weighted by Crippen LogP contribution is 2.28. The molecule has 6 heteroatoms. The van der Waals surface area contributed by atoms with E-state index in [1.54, 1.807) is 20.8 Å². The molecule has 0 bridgehead atoms. The minimum absolute atomic E-state index is 0.449. The summed E-state index contributed by atoms with van der Waals surface area (Å²) in [6.45, 7) is 5.10. The molecule has 1 rings (SSSR count). The first-order valence-electron chi connectivity index (χ1n) is 6.11. The normalized spacial score (nSPS) is 25.6. The zero-order chi connectivity index (χ0) is 13.9. The van der Waals surface area contributed by atoms with E-state index in [0.29, 0.717) is 12.8 Å². The number of hydrogen-bond donors (Lipinski definition) is 3. The van der Waals surface area contributed by atoms with Crippen molar-refractivity contribution < 1.29 is 24.5 Å². The molecule has 1 fully saturated rings. The quantitative estimate of drug-likeness (QED) is 0.706. The van der Waals surface area contributed by atoms with E-state index in [-0.39, 0.29) is 0 Å². The number of rotatable bonds is 3. The largest absolute Gasteiger partial charge is 0.480 e. The Kier molecular flexibility index (Phi) is 4.56. The maximum Gasteiger partial charge on any atom is 0.408 e. The fourth-order valence-electron chi connectivity index (χ4n) is 2.14. The van der Waals surface area contributed by atoms with Gasteiger partial charge >= 0.3 is 12.1 Å². The lowest BCUT2D eigenvalue weighted by molar-refractivity contribution is -0.142. The van der Waals surface area contributed by atoms with Crippen LogP contribution in [0.1, 0.15) is 40.0 Å². The number of aliphatic hydroxyl groups excluding tert-OH is 1. The van der Waals surface area contributed by atoms with Crippen LogP contribution < -0.4 is 5.32 Å². The van der Waals surface area contributed by atoms with Crippen molar-refractivity contribution in [1.82, 2.24) is 5.32 Å². The van der Waals surface area contributed by atoms with Crippen molar-refractivity contribution in [2.45, 2.75) is 57.8 Å². The van der Waals surface area contributed by atoms with Gasteiger partial charge in [0.1, 0.15) is 11.6 Å². The van der Waals surface area contributed by atoms with Crippen LogP contribution in [0.25, 0.3) is 0 Å². The zero-order valence-electron chi connectivity index (χ0n) is 11.0. The topological polar surface area (TPSA) is 95.9 Å². The number of nitrogens with one attached hydrogen (secondary N) is 1. The number of ether oxygens (including phenoxy) is 1. The molecule has 0 saturated heterocycles. The molecule has 0 heterocycles. The highest BCUT2D eigenvalue weighted by Gasteiger charge is 2.38. The van der Waals surface area contributed by atoms with Crippen LogP contribution in [0.5, 0.6) is 0 Å². The SMILES string of the molecule is CC(C)(C)OC(=O)NC(C(=O)O)[C@H]1CCC[C@@H]1O. The summed E-state index contributed by atoms with van der Waals surface area (Å²) in [5, 5.41) is 21.1. The van der Waals surface area contributed by atoms with Crippen molar-refractivity contribution >= 4 is 12.1 Å². The van der Waals surface area contributed by atoms with Gasteiger partial charge in [0.15, 0.2) is 0 Å². The summed E-state index contributed by atoms with van der Waals surface area (Å²) in [5.41, 5.74) is -0.679. The van der Waals surface area contributed by atoms with Crippen molar-refractivity contribution in [1.29, 1.82) is 0 Å². The van der Waals surface area contributed by atoms with Crippen LogP contribution >= 0.6 is 0 Å². The van der Waals surface area contributed by atoms with Crippen molar-refractivity contribution in [3.05, 3.63) is 0 Å². The molecule has 0 aromatic rings. The minimum Gasteiger partial charge on any atom is -0.480 e. The van der Waals surface area contributed by atoms with E-state index < -0.39 is 35.7 Å². The number of carbonyl (C=O) groups is 2. The van der Waals surface area contributed by atoms with E-state index in [1.165, 1.54) is 0 Å². The Hall–Kier alpha value is -1.30. The second-order valence-corrected chi connectivity index (χ2v) is 5.62. The van der Waals surface area contributed by atoms with Gasteiger partial charge in [0.05, 0.1) is 6.10 Å². The standard InChI is InChI=1S/C12H21NO5/c1-12(2,3)18-11(17)13-9(10(15)16)7-5-4-6-8(7)14/h7-9,14H,4-6H2,1-3H3,(H,13,17)(H,15,16)/t7-,8-,9?/m0/s1. The molecular formula is C12H21NO5. The summed E-state index contributed by atoms with van der Waals surface area (Å²) in [5.74, 6) is -1.60.